The molecular formula is C15H25N3O. The third-order valence-corrected chi connectivity index (χ3v) is 4.83. The molecule has 1 aromatic heterocycles. The Bertz CT molecular complexity index is 417. The van der Waals surface area contributed by atoms with Crippen LogP contribution in [0, 0.1) is 6.92 Å². The third kappa shape index (κ3) is 2.70. The summed E-state index contributed by atoms with van der Waals surface area (Å²) in [6.45, 7) is 3.59. The number of hydrogen-bond donors (Lipinski definition) is 1. The van der Waals surface area contributed by atoms with Crippen molar-refractivity contribution in [2.24, 2.45) is 0 Å². The Morgan fingerprint density at radius 3 is 2.84 bits per heavy atom. The van der Waals surface area contributed by atoms with Crippen LogP contribution < -0.4 is 0 Å². The maximum Gasteiger partial charge on any atom is 0.0586 e. The number of hydrogen-bond acceptors (Lipinski definition) is 3. The van der Waals surface area contributed by atoms with Gasteiger partial charge in [0.25, 0.3) is 0 Å². The zero-order valence-electron chi connectivity index (χ0n) is 11.8. The highest BCUT2D eigenvalue weighted by Crippen LogP contribution is 2.34. The summed E-state index contributed by atoms with van der Waals surface area (Å²) in [6, 6.07) is 1.60. The smallest absolute Gasteiger partial charge is 0.0586 e. The lowest BCUT2D eigenvalue weighted by Gasteiger charge is -2.38. The van der Waals surface area contributed by atoms with Crippen molar-refractivity contribution in [1.82, 2.24) is 14.7 Å². The van der Waals surface area contributed by atoms with Gasteiger partial charge in [-0.25, -0.2) is 0 Å². The minimum atomic E-state index is 0.321. The van der Waals surface area contributed by atoms with Crippen molar-refractivity contribution in [3.8, 4) is 0 Å². The van der Waals surface area contributed by atoms with Crippen LogP contribution in [-0.2, 0) is 0 Å². The van der Waals surface area contributed by atoms with Crippen molar-refractivity contribution in [2.75, 3.05) is 13.2 Å². The van der Waals surface area contributed by atoms with E-state index >= 15 is 0 Å². The summed E-state index contributed by atoms with van der Waals surface area (Å²) in [6.07, 6.45) is 11.5. The zero-order chi connectivity index (χ0) is 13.2. The van der Waals surface area contributed by atoms with E-state index in [1.165, 1.54) is 50.6 Å². The molecule has 1 N–H and O–H groups in total. The van der Waals surface area contributed by atoms with Gasteiger partial charge in [0.2, 0.25) is 0 Å². The van der Waals surface area contributed by atoms with Crippen LogP contribution in [0.15, 0.2) is 12.4 Å². The molecular weight excluding hydrogens is 238 g/mol. The fourth-order valence-corrected chi connectivity index (χ4v) is 3.85. The summed E-state index contributed by atoms with van der Waals surface area (Å²) in [5, 5.41) is 14.0. The van der Waals surface area contributed by atoms with Crippen LogP contribution in [0.2, 0.25) is 0 Å². The van der Waals surface area contributed by atoms with Gasteiger partial charge in [0.05, 0.1) is 18.8 Å². The van der Waals surface area contributed by atoms with E-state index in [-0.39, 0.29) is 0 Å². The highest BCUT2D eigenvalue weighted by atomic mass is 16.3. The highest BCUT2D eigenvalue weighted by Gasteiger charge is 2.34. The van der Waals surface area contributed by atoms with Crippen molar-refractivity contribution < 1.29 is 5.11 Å². The zero-order valence-corrected chi connectivity index (χ0v) is 11.8. The Kier molecular flexibility index (Phi) is 3.89. The molecule has 2 heterocycles. The Morgan fingerprint density at radius 2 is 2.11 bits per heavy atom. The summed E-state index contributed by atoms with van der Waals surface area (Å²) in [5.74, 6) is 0. The molecule has 0 aromatic carbocycles. The highest BCUT2D eigenvalue weighted by molar-refractivity contribution is 5.01. The summed E-state index contributed by atoms with van der Waals surface area (Å²) >= 11 is 0. The predicted octanol–water partition coefficient (Wildman–Crippen LogP) is 2.13. The monoisotopic (exact) mass is 263 g/mol. The van der Waals surface area contributed by atoms with Gasteiger partial charge >= 0.3 is 0 Å². The third-order valence-electron chi connectivity index (χ3n) is 4.83. The number of likely N-dealkylation sites (tertiary alicyclic amines) is 1. The number of aromatic nitrogens is 2. The molecule has 1 saturated carbocycles. The van der Waals surface area contributed by atoms with E-state index in [9.17, 15) is 5.11 Å². The number of aliphatic hydroxyl groups is 1. The maximum absolute atomic E-state index is 9.49. The van der Waals surface area contributed by atoms with Crippen LogP contribution in [0.5, 0.6) is 0 Å². The van der Waals surface area contributed by atoms with Gasteiger partial charge in [0, 0.05) is 18.3 Å². The number of aryl methyl sites for hydroxylation is 1. The first kappa shape index (κ1) is 13.1. The molecule has 2 unspecified atom stereocenters. The van der Waals surface area contributed by atoms with Gasteiger partial charge in [-0.2, -0.15) is 5.10 Å². The first-order valence-electron chi connectivity index (χ1n) is 7.65. The Balaban J connectivity index is 1.67. The molecule has 0 spiro atoms. The molecule has 0 radical (unpaired) electrons. The predicted molar refractivity (Wildman–Crippen MR) is 75.1 cm³/mol. The molecule has 19 heavy (non-hydrogen) atoms. The second kappa shape index (κ2) is 5.63. The van der Waals surface area contributed by atoms with Crippen LogP contribution in [-0.4, -0.2) is 45.0 Å². The van der Waals surface area contributed by atoms with Crippen molar-refractivity contribution in [3.63, 3.8) is 0 Å². The fraction of sp³-hybridized carbons (Fsp3) is 0.800. The van der Waals surface area contributed by atoms with Crippen LogP contribution in [0.3, 0.4) is 0 Å². The first-order valence-corrected chi connectivity index (χ1v) is 7.65. The average molecular weight is 263 g/mol. The van der Waals surface area contributed by atoms with E-state index in [1.807, 2.05) is 6.20 Å². The molecule has 4 heteroatoms. The van der Waals surface area contributed by atoms with E-state index in [0.29, 0.717) is 24.7 Å². The minimum absolute atomic E-state index is 0.321. The second-order valence-electron chi connectivity index (χ2n) is 6.19. The quantitative estimate of drug-likeness (QED) is 0.908. The molecule has 4 nitrogen and oxygen atoms in total. The van der Waals surface area contributed by atoms with Crippen molar-refractivity contribution in [2.45, 2.75) is 63.6 Å². The van der Waals surface area contributed by atoms with Crippen LogP contribution in [0.25, 0.3) is 0 Å². The molecule has 2 aliphatic rings. The van der Waals surface area contributed by atoms with E-state index < -0.39 is 0 Å². The van der Waals surface area contributed by atoms with E-state index in [4.69, 9.17) is 0 Å². The SMILES string of the molecule is Cc1cnn(C2CCCC(N3CCC[C@@H]3CO)C2)c1. The molecule has 1 aliphatic heterocycles. The first-order chi connectivity index (χ1) is 9.28. The van der Waals surface area contributed by atoms with Gasteiger partial charge in [-0.1, -0.05) is 0 Å². The summed E-state index contributed by atoms with van der Waals surface area (Å²) in [5.41, 5.74) is 1.25. The summed E-state index contributed by atoms with van der Waals surface area (Å²) < 4.78 is 2.16. The molecule has 0 amide bonds. The number of nitrogens with zero attached hydrogens (tertiary/aromatic N) is 3. The Morgan fingerprint density at radius 1 is 1.26 bits per heavy atom. The normalized spacial score (nSPS) is 32.8. The van der Waals surface area contributed by atoms with Gasteiger partial charge in [-0.05, 0) is 57.6 Å². The maximum atomic E-state index is 9.49. The molecule has 3 atom stereocenters. The van der Waals surface area contributed by atoms with Gasteiger partial charge in [-0.3, -0.25) is 9.58 Å². The van der Waals surface area contributed by atoms with Crippen molar-refractivity contribution in [3.05, 3.63) is 18.0 Å². The Labute approximate surface area is 115 Å². The number of rotatable bonds is 3. The fourth-order valence-electron chi connectivity index (χ4n) is 3.85. The van der Waals surface area contributed by atoms with Crippen LogP contribution in [0.1, 0.15) is 50.1 Å². The molecule has 0 bridgehead atoms. The molecule has 106 valence electrons. The number of aliphatic hydroxyl groups excluding tert-OH is 1. The minimum Gasteiger partial charge on any atom is -0.395 e. The van der Waals surface area contributed by atoms with Crippen molar-refractivity contribution in [1.29, 1.82) is 0 Å². The van der Waals surface area contributed by atoms with Crippen LogP contribution in [0.4, 0.5) is 0 Å². The van der Waals surface area contributed by atoms with E-state index in [1.54, 1.807) is 0 Å². The lowest BCUT2D eigenvalue weighted by Crippen LogP contribution is -2.43. The molecule has 3 rings (SSSR count). The Hall–Kier alpha value is -0.870. The molecule has 1 aromatic rings. The van der Waals surface area contributed by atoms with Gasteiger partial charge in [-0.15, -0.1) is 0 Å². The van der Waals surface area contributed by atoms with Gasteiger partial charge in [0.1, 0.15) is 0 Å². The summed E-state index contributed by atoms with van der Waals surface area (Å²) in [7, 11) is 0. The lowest BCUT2D eigenvalue weighted by molar-refractivity contribution is 0.0828. The topological polar surface area (TPSA) is 41.3 Å². The molecule has 1 saturated heterocycles. The van der Waals surface area contributed by atoms with E-state index in [0.717, 1.165) is 0 Å². The standard InChI is InChI=1S/C15H25N3O/c1-12-9-16-18(10-12)14-5-2-4-13(8-14)17-7-3-6-15(17)11-19/h9-10,13-15,19H,2-8,11H2,1H3/t13?,14?,15-/m1/s1. The molecule has 1 aliphatic carbocycles. The van der Waals surface area contributed by atoms with Crippen molar-refractivity contribution >= 4 is 0 Å². The van der Waals surface area contributed by atoms with Gasteiger partial charge in [0.15, 0.2) is 0 Å². The second-order valence-corrected chi connectivity index (χ2v) is 6.19. The van der Waals surface area contributed by atoms with E-state index in [2.05, 4.69) is 27.8 Å². The van der Waals surface area contributed by atoms with Gasteiger partial charge < -0.3 is 5.11 Å². The lowest BCUT2D eigenvalue weighted by atomic mass is 9.89. The largest absolute Gasteiger partial charge is 0.395 e. The summed E-state index contributed by atoms with van der Waals surface area (Å²) in [4.78, 5) is 2.56. The molecule has 2 fully saturated rings. The van der Waals surface area contributed by atoms with Crippen LogP contribution >= 0.6 is 0 Å². The average Bonchev–Trinajstić information content (AvgIpc) is 3.07.